The molecule has 1 N–H and O–H groups in total. The predicted molar refractivity (Wildman–Crippen MR) is 95.9 cm³/mol. The average Bonchev–Trinajstić information content (AvgIpc) is 2.59. The van der Waals surface area contributed by atoms with Crippen molar-refractivity contribution in [1.82, 2.24) is 15.0 Å². The van der Waals surface area contributed by atoms with Gasteiger partial charge in [0.2, 0.25) is 0 Å². The molecule has 0 fully saturated rings. The molecule has 6 nitrogen and oxygen atoms in total. The molecule has 2 heterocycles. The molecule has 0 atom stereocenters. The fraction of sp³-hybridized carbons (Fsp3) is 0.118. The highest BCUT2D eigenvalue weighted by atomic mass is 35.5. The maximum atomic E-state index is 13.7. The van der Waals surface area contributed by atoms with Crippen molar-refractivity contribution in [3.63, 3.8) is 0 Å². The minimum absolute atomic E-state index is 0.0207. The highest BCUT2D eigenvalue weighted by Crippen LogP contribution is 2.32. The monoisotopic (exact) mass is 362 g/mol. The van der Waals surface area contributed by atoms with Gasteiger partial charge >= 0.3 is 0 Å². The Balaban J connectivity index is 2.50. The van der Waals surface area contributed by atoms with Gasteiger partial charge in [0.25, 0.3) is 0 Å². The van der Waals surface area contributed by atoms with Crippen LogP contribution >= 0.6 is 11.6 Å². The van der Waals surface area contributed by atoms with E-state index in [4.69, 9.17) is 21.1 Å². The van der Waals surface area contributed by atoms with E-state index in [1.165, 1.54) is 26.5 Å². The van der Waals surface area contributed by atoms with Crippen molar-refractivity contribution in [2.75, 3.05) is 19.5 Å². The van der Waals surface area contributed by atoms with E-state index in [1.54, 1.807) is 18.5 Å². The second-order valence-electron chi connectivity index (χ2n) is 4.72. The first-order valence-corrected chi connectivity index (χ1v) is 7.41. The zero-order valence-corrected chi connectivity index (χ0v) is 14.5. The van der Waals surface area contributed by atoms with Crippen LogP contribution in [0.25, 0.3) is 5.57 Å². The quantitative estimate of drug-likeness (QED) is 0.742. The molecule has 2 aromatic rings. The maximum absolute atomic E-state index is 13.7. The summed E-state index contributed by atoms with van der Waals surface area (Å²) in [6.45, 7) is 6.79. The number of nitrogens with one attached hydrogen (secondary N) is 1. The van der Waals surface area contributed by atoms with Crippen molar-refractivity contribution in [1.29, 1.82) is 0 Å². The van der Waals surface area contributed by atoms with Crippen LogP contribution in [-0.4, -0.2) is 29.2 Å². The van der Waals surface area contributed by atoms with Crippen LogP contribution in [0.5, 0.6) is 11.5 Å². The van der Waals surface area contributed by atoms with E-state index in [9.17, 15) is 4.39 Å². The third kappa shape index (κ3) is 4.54. The van der Waals surface area contributed by atoms with E-state index >= 15 is 0 Å². The Kier molecular flexibility index (Phi) is 6.08. The molecule has 0 radical (unpaired) electrons. The second-order valence-corrected chi connectivity index (χ2v) is 5.21. The van der Waals surface area contributed by atoms with Gasteiger partial charge in [-0.2, -0.15) is 0 Å². The molecule has 2 aromatic heterocycles. The summed E-state index contributed by atoms with van der Waals surface area (Å²) in [4.78, 5) is 12.4. The summed E-state index contributed by atoms with van der Waals surface area (Å²) < 4.78 is 24.2. The Bertz CT molecular complexity index is 839. The van der Waals surface area contributed by atoms with E-state index in [0.717, 1.165) is 0 Å². The predicted octanol–water partition coefficient (Wildman–Crippen LogP) is 4.25. The molecule has 2 rings (SSSR count). The first kappa shape index (κ1) is 18.4. The van der Waals surface area contributed by atoms with Crippen molar-refractivity contribution in [2.24, 2.45) is 0 Å². The van der Waals surface area contributed by atoms with Crippen LogP contribution in [0, 0.1) is 0 Å². The molecule has 0 saturated heterocycles. The lowest BCUT2D eigenvalue weighted by molar-refractivity contribution is 0.411. The van der Waals surface area contributed by atoms with Gasteiger partial charge < -0.3 is 14.8 Å². The summed E-state index contributed by atoms with van der Waals surface area (Å²) in [5.74, 6) is 0.509. The van der Waals surface area contributed by atoms with E-state index in [2.05, 4.69) is 33.4 Å². The summed E-state index contributed by atoms with van der Waals surface area (Å²) in [5, 5.41) is 3.18. The molecule has 0 unspecified atom stereocenters. The molecule has 8 heteroatoms. The van der Waals surface area contributed by atoms with Crippen LogP contribution in [0.15, 0.2) is 54.7 Å². The van der Waals surface area contributed by atoms with Gasteiger partial charge in [-0.15, -0.1) is 0 Å². The highest BCUT2D eigenvalue weighted by molar-refractivity contribution is 6.31. The largest absolute Gasteiger partial charge is 0.493 e. The minimum atomic E-state index is -0.737. The lowest BCUT2D eigenvalue weighted by atomic mass is 10.2. The van der Waals surface area contributed by atoms with Crippen molar-refractivity contribution >= 4 is 28.7 Å². The van der Waals surface area contributed by atoms with Crippen LogP contribution in [0.4, 0.5) is 15.9 Å². The zero-order chi connectivity index (χ0) is 18.4. The lowest BCUT2D eigenvalue weighted by Gasteiger charge is -2.13. The molecular formula is C17H16ClFN4O2. The van der Waals surface area contributed by atoms with E-state index in [1.807, 2.05) is 0 Å². The Morgan fingerprint density at radius 3 is 2.56 bits per heavy atom. The van der Waals surface area contributed by atoms with Gasteiger partial charge in [0.1, 0.15) is 5.83 Å². The van der Waals surface area contributed by atoms with Gasteiger partial charge in [0.05, 0.1) is 37.9 Å². The fourth-order valence-corrected chi connectivity index (χ4v) is 2.04. The van der Waals surface area contributed by atoms with Gasteiger partial charge in [0, 0.05) is 11.2 Å². The summed E-state index contributed by atoms with van der Waals surface area (Å²) in [5.41, 5.74) is 0.624. The molecule has 25 heavy (non-hydrogen) atoms. The fourth-order valence-electron chi connectivity index (χ4n) is 1.93. The van der Waals surface area contributed by atoms with Gasteiger partial charge in [-0.25, -0.2) is 14.4 Å². The number of allylic oxidation sites excluding steroid dienone is 4. The summed E-state index contributed by atoms with van der Waals surface area (Å²) in [6, 6.07) is 1.70. The van der Waals surface area contributed by atoms with Crippen LogP contribution < -0.4 is 14.8 Å². The number of methoxy groups -OCH3 is 2. The van der Waals surface area contributed by atoms with Crippen molar-refractivity contribution in [3.05, 3.63) is 60.6 Å². The molecule has 0 saturated carbocycles. The lowest BCUT2D eigenvalue weighted by Crippen LogP contribution is -2.04. The first-order valence-electron chi connectivity index (χ1n) is 7.03. The Morgan fingerprint density at radius 2 is 1.96 bits per heavy atom. The summed E-state index contributed by atoms with van der Waals surface area (Å²) in [7, 11) is 2.99. The number of hydrogen-bond donors (Lipinski definition) is 1. The molecule has 0 amide bonds. The highest BCUT2D eigenvalue weighted by Gasteiger charge is 2.15. The van der Waals surface area contributed by atoms with Gasteiger partial charge in [-0.3, -0.25) is 4.98 Å². The summed E-state index contributed by atoms with van der Waals surface area (Å²) >= 11 is 5.74. The molecule has 0 aromatic carbocycles. The van der Waals surface area contributed by atoms with Gasteiger partial charge in [-0.1, -0.05) is 24.8 Å². The van der Waals surface area contributed by atoms with Crippen LogP contribution in [-0.2, 0) is 0 Å². The number of hydrogen-bond acceptors (Lipinski definition) is 6. The molecular weight excluding hydrogens is 347 g/mol. The van der Waals surface area contributed by atoms with Gasteiger partial charge in [0.15, 0.2) is 23.1 Å². The first-order chi connectivity index (χ1) is 12.0. The molecule has 130 valence electrons. The second kappa shape index (κ2) is 8.25. The molecule has 0 aliphatic rings. The Morgan fingerprint density at radius 1 is 1.24 bits per heavy atom. The van der Waals surface area contributed by atoms with E-state index in [-0.39, 0.29) is 16.4 Å². The number of ether oxygens (including phenoxy) is 2. The smallest absolute Gasteiger partial charge is 0.179 e. The Labute approximate surface area is 149 Å². The number of pyridine rings is 1. The van der Waals surface area contributed by atoms with Crippen LogP contribution in [0.1, 0.15) is 5.82 Å². The number of halogens is 2. The molecule has 0 bridgehead atoms. The molecule has 0 aliphatic carbocycles. The normalized spacial score (nSPS) is 11.0. The standard InChI is InChI=1S/C17H16ClFN4O2/c1-10(18)7-12(11(2)19)16-21-9-15(25-4)17(23-16)22-13-5-6-20-8-14(13)24-3/h5-9H,1-2H2,3-4H3,(H,20,21,22,23)/b12-7+. The van der Waals surface area contributed by atoms with E-state index < -0.39 is 5.83 Å². The third-order valence-corrected chi connectivity index (χ3v) is 3.18. The molecule has 0 aliphatic heterocycles. The van der Waals surface area contributed by atoms with Crippen molar-refractivity contribution < 1.29 is 13.9 Å². The van der Waals surface area contributed by atoms with Crippen molar-refractivity contribution in [3.8, 4) is 11.5 Å². The number of aromatic nitrogens is 3. The van der Waals surface area contributed by atoms with Crippen LogP contribution in [0.3, 0.4) is 0 Å². The third-order valence-electron chi connectivity index (χ3n) is 3.07. The van der Waals surface area contributed by atoms with Gasteiger partial charge in [-0.05, 0) is 12.1 Å². The zero-order valence-electron chi connectivity index (χ0n) is 13.7. The number of rotatable bonds is 7. The van der Waals surface area contributed by atoms with E-state index in [0.29, 0.717) is 23.0 Å². The topological polar surface area (TPSA) is 69.2 Å². The number of nitrogens with zero attached hydrogens (tertiary/aromatic N) is 3. The van der Waals surface area contributed by atoms with Crippen LogP contribution in [0.2, 0.25) is 0 Å². The SMILES string of the molecule is C=C(Cl)/C=C(\C(=C)F)c1ncc(OC)c(Nc2ccncc2OC)n1. The Hall–Kier alpha value is -2.93. The molecule has 0 spiro atoms. The average molecular weight is 363 g/mol. The maximum Gasteiger partial charge on any atom is 0.179 e. The summed E-state index contributed by atoms with van der Waals surface area (Å²) in [6.07, 6.45) is 5.84. The minimum Gasteiger partial charge on any atom is -0.493 e. The van der Waals surface area contributed by atoms with Crippen molar-refractivity contribution in [2.45, 2.75) is 0 Å². The number of anilines is 2.